The van der Waals surface area contributed by atoms with E-state index in [1.807, 2.05) is 0 Å². The molecule has 0 fully saturated rings. The maximum atomic E-state index is 12.1. The highest BCUT2D eigenvalue weighted by atomic mass is 16.3. The number of aliphatic hydroxyl groups is 1. The highest BCUT2D eigenvalue weighted by Crippen LogP contribution is 1.99. The Balaban J connectivity index is 4.74. The third kappa shape index (κ3) is 7.02. The van der Waals surface area contributed by atoms with Crippen LogP contribution in [0.3, 0.4) is 0 Å². The lowest BCUT2D eigenvalue weighted by atomic mass is 10.1. The number of amides is 3. The van der Waals surface area contributed by atoms with Crippen LogP contribution in [0, 0.1) is 5.92 Å². The molecule has 3 amide bonds. The first-order chi connectivity index (χ1) is 9.87. The second kappa shape index (κ2) is 10.1. The number of carbonyl (C=O) groups is 3. The summed E-state index contributed by atoms with van der Waals surface area (Å²) in [7, 11) is 0. The minimum atomic E-state index is -0.894. The van der Waals surface area contributed by atoms with Crippen LogP contribution < -0.4 is 27.8 Å². The van der Waals surface area contributed by atoms with Gasteiger partial charge in [-0.05, 0) is 25.9 Å². The van der Waals surface area contributed by atoms with E-state index in [1.165, 1.54) is 6.92 Å². The van der Waals surface area contributed by atoms with Gasteiger partial charge in [0.05, 0.1) is 12.5 Å². The van der Waals surface area contributed by atoms with Crippen molar-refractivity contribution in [3.05, 3.63) is 0 Å². The molecule has 9 nitrogen and oxygen atoms in total. The highest BCUT2D eigenvalue weighted by Gasteiger charge is 2.26. The Bertz CT molecular complexity index is 364. The first-order valence-corrected chi connectivity index (χ1v) is 6.78. The summed E-state index contributed by atoms with van der Waals surface area (Å²) in [6.45, 7) is 1.54. The molecule has 0 aliphatic rings. The normalized spacial score (nSPS) is 14.9. The Kier molecular flexibility index (Phi) is 9.26. The van der Waals surface area contributed by atoms with Crippen molar-refractivity contribution in [2.75, 3.05) is 19.7 Å². The van der Waals surface area contributed by atoms with Crippen LogP contribution in [0.5, 0.6) is 0 Å². The maximum Gasteiger partial charge on any atom is 0.243 e. The molecule has 3 unspecified atom stereocenters. The summed E-state index contributed by atoms with van der Waals surface area (Å²) in [6, 6.07) is -1.79. The fourth-order valence-corrected chi connectivity index (χ4v) is 1.56. The molecule has 0 rings (SSSR count). The van der Waals surface area contributed by atoms with E-state index < -0.39 is 35.7 Å². The topological polar surface area (TPSA) is 174 Å². The highest BCUT2D eigenvalue weighted by molar-refractivity contribution is 5.91. The van der Waals surface area contributed by atoms with Crippen LogP contribution in [0.1, 0.15) is 19.8 Å². The molecule has 0 aliphatic heterocycles. The van der Waals surface area contributed by atoms with Crippen LogP contribution in [0.2, 0.25) is 0 Å². The van der Waals surface area contributed by atoms with E-state index in [0.717, 1.165) is 0 Å². The third-order valence-electron chi connectivity index (χ3n) is 2.93. The minimum absolute atomic E-state index is 0.171. The number of nitrogens with one attached hydrogen (secondary N) is 2. The lowest BCUT2D eigenvalue weighted by molar-refractivity contribution is -0.133. The van der Waals surface area contributed by atoms with E-state index in [9.17, 15) is 14.4 Å². The molecule has 9 heteroatoms. The van der Waals surface area contributed by atoms with Crippen LogP contribution in [0.4, 0.5) is 0 Å². The fraction of sp³-hybridized carbons (Fsp3) is 0.750. The molecule has 9 N–H and O–H groups in total. The summed E-state index contributed by atoms with van der Waals surface area (Å²) < 4.78 is 0. The summed E-state index contributed by atoms with van der Waals surface area (Å²) in [5.41, 5.74) is 15.9. The Morgan fingerprint density at radius 3 is 1.90 bits per heavy atom. The minimum Gasteiger partial charge on any atom is -0.396 e. The van der Waals surface area contributed by atoms with E-state index in [-0.39, 0.29) is 32.5 Å². The molecule has 0 aliphatic carbocycles. The zero-order valence-electron chi connectivity index (χ0n) is 12.2. The summed E-state index contributed by atoms with van der Waals surface area (Å²) in [5.74, 6) is -2.37. The van der Waals surface area contributed by atoms with Crippen LogP contribution in [0.15, 0.2) is 0 Å². The van der Waals surface area contributed by atoms with Gasteiger partial charge in [0.1, 0.15) is 12.1 Å². The van der Waals surface area contributed by atoms with Crippen molar-refractivity contribution in [1.29, 1.82) is 0 Å². The molecule has 0 saturated carbocycles. The molecule has 0 saturated heterocycles. The second-order valence-electron chi connectivity index (χ2n) is 4.76. The van der Waals surface area contributed by atoms with E-state index in [0.29, 0.717) is 0 Å². The first kappa shape index (κ1) is 19.3. The van der Waals surface area contributed by atoms with Gasteiger partial charge in [0, 0.05) is 0 Å². The van der Waals surface area contributed by atoms with Crippen LogP contribution in [-0.2, 0) is 14.4 Å². The van der Waals surface area contributed by atoms with E-state index in [2.05, 4.69) is 10.6 Å². The van der Waals surface area contributed by atoms with Gasteiger partial charge in [0.25, 0.3) is 0 Å². The number of hydrogen-bond donors (Lipinski definition) is 6. The van der Waals surface area contributed by atoms with Crippen LogP contribution in [-0.4, -0.2) is 54.6 Å². The predicted molar refractivity (Wildman–Crippen MR) is 76.6 cm³/mol. The van der Waals surface area contributed by atoms with Crippen LogP contribution >= 0.6 is 0 Å². The number of aliphatic hydroxyl groups excluding tert-OH is 1. The first-order valence-electron chi connectivity index (χ1n) is 6.78. The van der Waals surface area contributed by atoms with E-state index in [1.54, 1.807) is 0 Å². The van der Waals surface area contributed by atoms with E-state index >= 15 is 0 Å². The molecule has 0 spiro atoms. The second-order valence-corrected chi connectivity index (χ2v) is 4.76. The van der Waals surface area contributed by atoms with Gasteiger partial charge in [0.15, 0.2) is 0 Å². The van der Waals surface area contributed by atoms with Crippen molar-refractivity contribution in [2.45, 2.75) is 31.8 Å². The lowest BCUT2D eigenvalue weighted by Crippen LogP contribution is -2.54. The molecule has 0 heterocycles. The number of carbonyl (C=O) groups excluding carboxylic acids is 3. The van der Waals surface area contributed by atoms with Crippen molar-refractivity contribution in [2.24, 2.45) is 23.1 Å². The van der Waals surface area contributed by atoms with E-state index in [4.69, 9.17) is 22.3 Å². The number of nitrogens with two attached hydrogens (primary N) is 3. The van der Waals surface area contributed by atoms with Gasteiger partial charge >= 0.3 is 0 Å². The Morgan fingerprint density at radius 1 is 1.00 bits per heavy atom. The quantitative estimate of drug-likeness (QED) is 0.247. The summed E-state index contributed by atoms with van der Waals surface area (Å²) >= 11 is 0. The average Bonchev–Trinajstić information content (AvgIpc) is 2.44. The van der Waals surface area contributed by atoms with Gasteiger partial charge in [-0.25, -0.2) is 0 Å². The molecule has 0 bridgehead atoms. The van der Waals surface area contributed by atoms with Crippen molar-refractivity contribution in [1.82, 2.24) is 10.6 Å². The number of hydrogen-bond acceptors (Lipinski definition) is 6. The summed E-state index contributed by atoms with van der Waals surface area (Å²) in [5, 5.41) is 13.8. The molecule has 0 aromatic heterocycles. The molecule has 122 valence electrons. The molecular formula is C12H25N5O4. The van der Waals surface area contributed by atoms with Crippen molar-refractivity contribution in [3.63, 3.8) is 0 Å². The number of primary amides is 1. The zero-order chi connectivity index (χ0) is 16.4. The largest absolute Gasteiger partial charge is 0.396 e. The Labute approximate surface area is 123 Å². The third-order valence-corrected chi connectivity index (χ3v) is 2.93. The maximum absolute atomic E-state index is 12.1. The summed E-state index contributed by atoms with van der Waals surface area (Å²) in [6.07, 6.45) is 0.404. The summed E-state index contributed by atoms with van der Waals surface area (Å²) in [4.78, 5) is 35.0. The van der Waals surface area contributed by atoms with Gasteiger partial charge in [0.2, 0.25) is 17.7 Å². The van der Waals surface area contributed by atoms with Gasteiger partial charge in [-0.15, -0.1) is 0 Å². The van der Waals surface area contributed by atoms with Gasteiger partial charge < -0.3 is 32.9 Å². The lowest BCUT2D eigenvalue weighted by Gasteiger charge is -2.22. The number of rotatable bonds is 10. The monoisotopic (exact) mass is 303 g/mol. The fourth-order valence-electron chi connectivity index (χ4n) is 1.56. The Hall–Kier alpha value is -1.71. The van der Waals surface area contributed by atoms with Crippen molar-refractivity contribution < 1.29 is 19.5 Å². The van der Waals surface area contributed by atoms with Gasteiger partial charge in [-0.1, -0.05) is 6.92 Å². The predicted octanol–water partition coefficient (Wildman–Crippen LogP) is -3.23. The Morgan fingerprint density at radius 2 is 1.48 bits per heavy atom. The smallest absolute Gasteiger partial charge is 0.243 e. The van der Waals surface area contributed by atoms with Gasteiger partial charge in [-0.3, -0.25) is 14.4 Å². The zero-order valence-corrected chi connectivity index (χ0v) is 12.2. The van der Waals surface area contributed by atoms with Crippen molar-refractivity contribution >= 4 is 17.7 Å². The van der Waals surface area contributed by atoms with Crippen molar-refractivity contribution in [3.8, 4) is 0 Å². The molecule has 0 aromatic carbocycles. The molecule has 0 radical (unpaired) electrons. The molecular weight excluding hydrogens is 278 g/mol. The molecule has 0 aromatic rings. The SMILES string of the molecule is CC(CO)C(=O)NC(CCN)C(=O)NC(CCN)C(N)=O. The molecule has 21 heavy (non-hydrogen) atoms. The van der Waals surface area contributed by atoms with Crippen LogP contribution in [0.25, 0.3) is 0 Å². The van der Waals surface area contributed by atoms with Gasteiger partial charge in [-0.2, -0.15) is 0 Å². The molecule has 3 atom stereocenters. The average molecular weight is 303 g/mol. The standard InChI is InChI=1S/C12H25N5O4/c1-7(6-18)11(20)17-9(3-5-14)12(21)16-8(2-4-13)10(15)19/h7-9,18H,2-6,13-14H2,1H3,(H2,15,19)(H,16,21)(H,17,20).